The van der Waals surface area contributed by atoms with Crippen LogP contribution in [0.5, 0.6) is 0 Å². The zero-order valence-electron chi connectivity index (χ0n) is 12.7. The van der Waals surface area contributed by atoms with Gasteiger partial charge in [0.05, 0.1) is 12.5 Å². The highest BCUT2D eigenvalue weighted by Crippen LogP contribution is 2.22. The SMILES string of the molecule is COC(CN)CC(=O)NCC(C)(C)c1cccc(F)c1.Cl. The standard InChI is InChI=1S/C15H23FN2O2.ClH/c1-15(2,11-5-4-6-12(16)7-11)10-18-14(19)8-13(9-17)20-3;/h4-7,13H,8-10,17H2,1-3H3,(H,18,19);1H. The van der Waals surface area contributed by atoms with Gasteiger partial charge in [0.1, 0.15) is 5.82 Å². The minimum atomic E-state index is -0.344. The van der Waals surface area contributed by atoms with Crippen LogP contribution in [0.3, 0.4) is 0 Å². The van der Waals surface area contributed by atoms with Crippen LogP contribution in [0.1, 0.15) is 25.8 Å². The van der Waals surface area contributed by atoms with Crippen LogP contribution in [-0.2, 0) is 14.9 Å². The van der Waals surface area contributed by atoms with Crippen molar-refractivity contribution >= 4 is 18.3 Å². The molecule has 0 spiro atoms. The molecule has 21 heavy (non-hydrogen) atoms. The second-order valence-corrected chi connectivity index (χ2v) is 5.47. The molecule has 0 saturated carbocycles. The normalized spacial score (nSPS) is 12.4. The van der Waals surface area contributed by atoms with Gasteiger partial charge in [0.25, 0.3) is 0 Å². The van der Waals surface area contributed by atoms with E-state index < -0.39 is 0 Å². The first kappa shape index (κ1) is 19.8. The minimum Gasteiger partial charge on any atom is -0.380 e. The van der Waals surface area contributed by atoms with Crippen LogP contribution >= 0.6 is 12.4 Å². The molecule has 1 aromatic carbocycles. The molecular weight excluding hydrogens is 295 g/mol. The number of nitrogens with two attached hydrogens (primary N) is 1. The van der Waals surface area contributed by atoms with Crippen molar-refractivity contribution in [3.8, 4) is 0 Å². The van der Waals surface area contributed by atoms with Crippen molar-refractivity contribution < 1.29 is 13.9 Å². The Morgan fingerprint density at radius 2 is 2.14 bits per heavy atom. The third kappa shape index (κ3) is 6.42. The summed E-state index contributed by atoms with van der Waals surface area (Å²) < 4.78 is 18.3. The van der Waals surface area contributed by atoms with Gasteiger partial charge in [-0.05, 0) is 17.7 Å². The van der Waals surface area contributed by atoms with Crippen molar-refractivity contribution in [3.63, 3.8) is 0 Å². The van der Waals surface area contributed by atoms with Crippen molar-refractivity contribution in [1.29, 1.82) is 0 Å². The number of amides is 1. The Balaban J connectivity index is 0.00000400. The second kappa shape index (κ2) is 8.97. The lowest BCUT2D eigenvalue weighted by atomic mass is 9.84. The van der Waals surface area contributed by atoms with E-state index in [1.807, 2.05) is 19.9 Å². The molecule has 0 saturated heterocycles. The highest BCUT2D eigenvalue weighted by atomic mass is 35.5. The lowest BCUT2D eigenvalue weighted by Gasteiger charge is -2.26. The third-order valence-corrected chi connectivity index (χ3v) is 3.34. The summed E-state index contributed by atoms with van der Waals surface area (Å²) in [5.41, 5.74) is 5.98. The second-order valence-electron chi connectivity index (χ2n) is 5.47. The van der Waals surface area contributed by atoms with Gasteiger partial charge in [-0.2, -0.15) is 0 Å². The maximum absolute atomic E-state index is 13.2. The van der Waals surface area contributed by atoms with Crippen molar-refractivity contribution in [2.75, 3.05) is 20.2 Å². The fraction of sp³-hybridized carbons (Fsp3) is 0.533. The average Bonchev–Trinajstić information content (AvgIpc) is 2.42. The summed E-state index contributed by atoms with van der Waals surface area (Å²) in [6.45, 7) is 4.64. The molecule has 0 radical (unpaired) electrons. The molecule has 1 unspecified atom stereocenters. The molecule has 0 fully saturated rings. The van der Waals surface area contributed by atoms with Crippen molar-refractivity contribution in [1.82, 2.24) is 5.32 Å². The molecule has 0 aromatic heterocycles. The van der Waals surface area contributed by atoms with Crippen molar-refractivity contribution in [3.05, 3.63) is 35.6 Å². The molecule has 0 aliphatic carbocycles. The lowest BCUT2D eigenvalue weighted by Crippen LogP contribution is -2.39. The van der Waals surface area contributed by atoms with Crippen LogP contribution in [-0.4, -0.2) is 32.2 Å². The van der Waals surface area contributed by atoms with Crippen LogP contribution in [0.25, 0.3) is 0 Å². The Labute approximate surface area is 131 Å². The van der Waals surface area contributed by atoms with Crippen LogP contribution in [0, 0.1) is 5.82 Å². The molecule has 120 valence electrons. The van der Waals surface area contributed by atoms with Gasteiger partial charge in [0.2, 0.25) is 5.91 Å². The number of nitrogens with one attached hydrogen (secondary N) is 1. The molecule has 3 N–H and O–H groups in total. The summed E-state index contributed by atoms with van der Waals surface area (Å²) in [5.74, 6) is -0.392. The monoisotopic (exact) mass is 318 g/mol. The number of carbonyl (C=O) groups excluding carboxylic acids is 1. The molecule has 1 rings (SSSR count). The Kier molecular flexibility index (Phi) is 8.47. The topological polar surface area (TPSA) is 64.3 Å². The molecule has 6 heteroatoms. The van der Waals surface area contributed by atoms with Crippen LogP contribution in [0.15, 0.2) is 24.3 Å². The summed E-state index contributed by atoms with van der Waals surface area (Å²) in [4.78, 5) is 11.8. The van der Waals surface area contributed by atoms with Crippen LogP contribution in [0.2, 0.25) is 0 Å². The quantitative estimate of drug-likeness (QED) is 0.808. The van der Waals surface area contributed by atoms with E-state index in [0.29, 0.717) is 13.1 Å². The first-order valence-corrected chi connectivity index (χ1v) is 6.64. The third-order valence-electron chi connectivity index (χ3n) is 3.34. The van der Waals surface area contributed by atoms with E-state index in [-0.39, 0.29) is 42.1 Å². The fourth-order valence-corrected chi connectivity index (χ4v) is 1.87. The molecular formula is C15H24ClFN2O2. The van der Waals surface area contributed by atoms with E-state index in [1.165, 1.54) is 19.2 Å². The number of hydrogen-bond donors (Lipinski definition) is 2. The maximum atomic E-state index is 13.2. The molecule has 0 aliphatic heterocycles. The Morgan fingerprint density at radius 3 is 2.67 bits per heavy atom. The largest absolute Gasteiger partial charge is 0.380 e. The number of carbonyl (C=O) groups is 1. The van der Waals surface area contributed by atoms with Gasteiger partial charge < -0.3 is 15.8 Å². The van der Waals surface area contributed by atoms with E-state index >= 15 is 0 Å². The number of rotatable bonds is 7. The summed E-state index contributed by atoms with van der Waals surface area (Å²) in [5, 5.41) is 2.84. The van der Waals surface area contributed by atoms with Gasteiger partial charge in [-0.25, -0.2) is 4.39 Å². The minimum absolute atomic E-state index is 0. The molecule has 0 bridgehead atoms. The highest BCUT2D eigenvalue weighted by Gasteiger charge is 2.22. The Morgan fingerprint density at radius 1 is 1.48 bits per heavy atom. The summed E-state index contributed by atoms with van der Waals surface area (Å²) in [6, 6.07) is 6.42. The predicted molar refractivity (Wildman–Crippen MR) is 84.2 cm³/mol. The number of halogens is 2. The number of ether oxygens (including phenoxy) is 1. The average molecular weight is 319 g/mol. The fourth-order valence-electron chi connectivity index (χ4n) is 1.87. The van der Waals surface area contributed by atoms with Gasteiger partial charge in [0.15, 0.2) is 0 Å². The van der Waals surface area contributed by atoms with Crippen LogP contribution in [0.4, 0.5) is 4.39 Å². The zero-order chi connectivity index (χ0) is 15.2. The van der Waals surface area contributed by atoms with Gasteiger partial charge >= 0.3 is 0 Å². The summed E-state index contributed by atoms with van der Waals surface area (Å²) >= 11 is 0. The van der Waals surface area contributed by atoms with E-state index in [2.05, 4.69) is 5.32 Å². The van der Waals surface area contributed by atoms with E-state index in [0.717, 1.165) is 5.56 Å². The van der Waals surface area contributed by atoms with E-state index in [4.69, 9.17) is 10.5 Å². The molecule has 1 aromatic rings. The number of methoxy groups -OCH3 is 1. The van der Waals surface area contributed by atoms with E-state index in [1.54, 1.807) is 6.07 Å². The van der Waals surface area contributed by atoms with Gasteiger partial charge in [0, 0.05) is 25.6 Å². The zero-order valence-corrected chi connectivity index (χ0v) is 13.5. The summed E-state index contributed by atoms with van der Waals surface area (Å²) in [7, 11) is 1.53. The van der Waals surface area contributed by atoms with E-state index in [9.17, 15) is 9.18 Å². The Bertz CT molecular complexity index is 451. The predicted octanol–water partition coefficient (Wildman–Crippen LogP) is 2.01. The smallest absolute Gasteiger partial charge is 0.222 e. The first-order chi connectivity index (χ1) is 9.39. The Hall–Kier alpha value is -1.17. The van der Waals surface area contributed by atoms with Gasteiger partial charge in [-0.1, -0.05) is 26.0 Å². The molecule has 1 amide bonds. The van der Waals surface area contributed by atoms with Crippen LogP contribution < -0.4 is 11.1 Å². The lowest BCUT2D eigenvalue weighted by molar-refractivity contribution is -0.123. The van der Waals surface area contributed by atoms with Crippen molar-refractivity contribution in [2.24, 2.45) is 5.73 Å². The summed E-state index contributed by atoms with van der Waals surface area (Å²) in [6.07, 6.45) is -0.0426. The first-order valence-electron chi connectivity index (χ1n) is 6.64. The molecule has 4 nitrogen and oxygen atoms in total. The maximum Gasteiger partial charge on any atom is 0.222 e. The molecule has 0 aliphatic rings. The van der Waals surface area contributed by atoms with Crippen molar-refractivity contribution in [2.45, 2.75) is 31.8 Å². The molecule has 0 heterocycles. The van der Waals surface area contributed by atoms with Gasteiger partial charge in [-0.15, -0.1) is 12.4 Å². The highest BCUT2D eigenvalue weighted by molar-refractivity contribution is 5.85. The van der Waals surface area contributed by atoms with Gasteiger partial charge in [-0.3, -0.25) is 4.79 Å². The molecule has 1 atom stereocenters. The number of benzene rings is 1. The number of hydrogen-bond acceptors (Lipinski definition) is 3.